The van der Waals surface area contributed by atoms with Gasteiger partial charge < -0.3 is 15.2 Å². The van der Waals surface area contributed by atoms with Crippen molar-refractivity contribution < 1.29 is 14.3 Å². The Morgan fingerprint density at radius 1 is 1.21 bits per heavy atom. The smallest absolute Gasteiger partial charge is 0.255 e. The van der Waals surface area contributed by atoms with Gasteiger partial charge in [-0.15, -0.1) is 10.2 Å². The van der Waals surface area contributed by atoms with Crippen LogP contribution in [0, 0.1) is 0 Å². The first kappa shape index (κ1) is 19.8. The number of pyridine rings is 1. The van der Waals surface area contributed by atoms with Crippen molar-refractivity contribution >= 4 is 17.7 Å². The summed E-state index contributed by atoms with van der Waals surface area (Å²) in [7, 11) is 1.67. The molecule has 0 spiro atoms. The molecule has 0 radical (unpaired) electrons. The molecule has 3 aromatic rings. The summed E-state index contributed by atoms with van der Waals surface area (Å²) in [4.78, 5) is 14.9. The van der Waals surface area contributed by atoms with Crippen molar-refractivity contribution in [3.05, 3.63) is 54.4 Å². The van der Waals surface area contributed by atoms with E-state index in [1.807, 2.05) is 34.9 Å². The molecule has 28 heavy (non-hydrogen) atoms. The maximum Gasteiger partial charge on any atom is 0.255 e. The van der Waals surface area contributed by atoms with E-state index < -0.39 is 5.91 Å². The number of aromatic nitrogens is 4. The van der Waals surface area contributed by atoms with Crippen LogP contribution in [0.2, 0.25) is 0 Å². The maximum atomic E-state index is 10.9. The van der Waals surface area contributed by atoms with Crippen molar-refractivity contribution in [1.29, 1.82) is 0 Å². The van der Waals surface area contributed by atoms with Crippen LogP contribution in [0.5, 0.6) is 5.75 Å². The molecule has 2 aromatic heterocycles. The fourth-order valence-corrected chi connectivity index (χ4v) is 3.43. The minimum Gasteiger partial charge on any atom is -0.484 e. The summed E-state index contributed by atoms with van der Waals surface area (Å²) < 4.78 is 12.6. The summed E-state index contributed by atoms with van der Waals surface area (Å²) in [5.74, 6) is 1.56. The Labute approximate surface area is 167 Å². The number of thioether (sulfide) groups is 1. The molecular weight excluding hydrogens is 378 g/mol. The molecule has 3 rings (SSSR count). The third-order valence-corrected chi connectivity index (χ3v) is 4.86. The lowest BCUT2D eigenvalue weighted by Crippen LogP contribution is -2.20. The molecule has 0 fully saturated rings. The van der Waals surface area contributed by atoms with Crippen molar-refractivity contribution in [2.75, 3.05) is 20.3 Å². The summed E-state index contributed by atoms with van der Waals surface area (Å²) in [5, 5.41) is 9.50. The van der Waals surface area contributed by atoms with Gasteiger partial charge in [0, 0.05) is 30.8 Å². The van der Waals surface area contributed by atoms with Crippen molar-refractivity contribution in [2.24, 2.45) is 5.73 Å². The molecule has 0 unspecified atom stereocenters. The van der Waals surface area contributed by atoms with Gasteiger partial charge in [-0.1, -0.05) is 23.9 Å². The quantitative estimate of drug-likeness (QED) is 0.521. The monoisotopic (exact) mass is 399 g/mol. The minimum absolute atomic E-state index is 0.142. The largest absolute Gasteiger partial charge is 0.484 e. The minimum atomic E-state index is -0.505. The highest BCUT2D eigenvalue weighted by molar-refractivity contribution is 7.98. The zero-order valence-corrected chi connectivity index (χ0v) is 16.3. The Hall–Kier alpha value is -2.91. The van der Waals surface area contributed by atoms with E-state index >= 15 is 0 Å². The highest BCUT2D eigenvalue weighted by Crippen LogP contribution is 2.27. The molecule has 0 saturated heterocycles. The zero-order valence-electron chi connectivity index (χ0n) is 15.4. The normalized spacial score (nSPS) is 10.8. The fourth-order valence-electron chi connectivity index (χ4n) is 2.52. The topological polar surface area (TPSA) is 105 Å². The lowest BCUT2D eigenvalue weighted by Gasteiger charge is -2.10. The molecule has 1 amide bonds. The first-order valence-electron chi connectivity index (χ1n) is 8.62. The summed E-state index contributed by atoms with van der Waals surface area (Å²) in [6, 6.07) is 11.4. The average Bonchev–Trinajstić information content (AvgIpc) is 3.13. The van der Waals surface area contributed by atoms with E-state index in [1.165, 1.54) is 0 Å². The molecule has 0 bridgehead atoms. The molecule has 1 aromatic carbocycles. The van der Waals surface area contributed by atoms with E-state index in [0.717, 1.165) is 22.1 Å². The van der Waals surface area contributed by atoms with Crippen molar-refractivity contribution in [3.63, 3.8) is 0 Å². The average molecular weight is 399 g/mol. The van der Waals surface area contributed by atoms with Crippen LogP contribution in [0.15, 0.2) is 53.9 Å². The molecule has 8 nitrogen and oxygen atoms in total. The molecule has 0 saturated carbocycles. The van der Waals surface area contributed by atoms with E-state index in [2.05, 4.69) is 15.2 Å². The lowest BCUT2D eigenvalue weighted by atomic mass is 10.2. The van der Waals surface area contributed by atoms with E-state index in [1.54, 1.807) is 37.3 Å². The number of primary amides is 1. The number of amides is 1. The molecule has 9 heteroatoms. The van der Waals surface area contributed by atoms with Gasteiger partial charge in [-0.05, 0) is 29.8 Å². The maximum absolute atomic E-state index is 10.9. The van der Waals surface area contributed by atoms with Gasteiger partial charge in [0.2, 0.25) is 0 Å². The molecule has 0 atom stereocenters. The number of ether oxygens (including phenoxy) is 2. The number of benzene rings is 1. The van der Waals surface area contributed by atoms with Crippen LogP contribution in [-0.2, 0) is 21.8 Å². The van der Waals surface area contributed by atoms with E-state index in [0.29, 0.717) is 24.7 Å². The Bertz CT molecular complexity index is 917. The third kappa shape index (κ3) is 5.30. The Balaban J connectivity index is 1.74. The summed E-state index contributed by atoms with van der Waals surface area (Å²) >= 11 is 1.57. The Morgan fingerprint density at radius 3 is 2.79 bits per heavy atom. The first-order valence-corrected chi connectivity index (χ1v) is 9.61. The second kappa shape index (κ2) is 9.86. The number of carbonyl (C=O) groups is 1. The van der Waals surface area contributed by atoms with Crippen molar-refractivity contribution in [1.82, 2.24) is 19.7 Å². The number of hydrogen-bond acceptors (Lipinski definition) is 7. The molecule has 2 heterocycles. The van der Waals surface area contributed by atoms with Gasteiger partial charge in [0.05, 0.1) is 13.2 Å². The number of carbonyl (C=O) groups excluding carboxylic acids is 1. The molecule has 0 aliphatic rings. The second-order valence-electron chi connectivity index (χ2n) is 5.88. The predicted molar refractivity (Wildman–Crippen MR) is 106 cm³/mol. The van der Waals surface area contributed by atoms with E-state index in [9.17, 15) is 4.79 Å². The highest BCUT2D eigenvalue weighted by Gasteiger charge is 2.14. The second-order valence-corrected chi connectivity index (χ2v) is 6.82. The van der Waals surface area contributed by atoms with Gasteiger partial charge in [-0.25, -0.2) is 0 Å². The fraction of sp³-hybridized carbons (Fsp3) is 0.263. The van der Waals surface area contributed by atoms with Crippen LogP contribution in [-0.4, -0.2) is 46.0 Å². The van der Waals surface area contributed by atoms with Gasteiger partial charge in [-0.3, -0.25) is 14.3 Å². The number of nitrogens with zero attached hydrogens (tertiary/aromatic N) is 4. The van der Waals surface area contributed by atoms with Crippen molar-refractivity contribution in [2.45, 2.75) is 17.5 Å². The predicted octanol–water partition coefficient (Wildman–Crippen LogP) is 2.14. The number of rotatable bonds is 10. The van der Waals surface area contributed by atoms with Crippen LogP contribution >= 0.6 is 11.8 Å². The summed E-state index contributed by atoms with van der Waals surface area (Å²) in [5.41, 5.74) is 7.11. The SMILES string of the molecule is COCCn1c(SCc2cccc(OCC(N)=O)c2)nnc1-c1ccncc1. The highest BCUT2D eigenvalue weighted by atomic mass is 32.2. The number of nitrogens with two attached hydrogens (primary N) is 1. The molecule has 0 aliphatic carbocycles. The van der Waals surface area contributed by atoms with Crippen LogP contribution in [0.25, 0.3) is 11.4 Å². The zero-order chi connectivity index (χ0) is 19.8. The van der Waals surface area contributed by atoms with E-state index in [-0.39, 0.29) is 6.61 Å². The molecule has 2 N–H and O–H groups in total. The van der Waals surface area contributed by atoms with Crippen LogP contribution in [0.4, 0.5) is 0 Å². The van der Waals surface area contributed by atoms with Crippen LogP contribution in [0.1, 0.15) is 5.56 Å². The number of hydrogen-bond donors (Lipinski definition) is 1. The third-order valence-electron chi connectivity index (χ3n) is 3.82. The van der Waals surface area contributed by atoms with E-state index in [4.69, 9.17) is 15.2 Å². The van der Waals surface area contributed by atoms with Gasteiger partial charge >= 0.3 is 0 Å². The summed E-state index contributed by atoms with van der Waals surface area (Å²) in [6.45, 7) is 1.06. The Morgan fingerprint density at radius 2 is 2.04 bits per heavy atom. The Kier molecular flexibility index (Phi) is 6.99. The summed E-state index contributed by atoms with van der Waals surface area (Å²) in [6.07, 6.45) is 3.46. The molecular formula is C19H21N5O3S. The van der Waals surface area contributed by atoms with Gasteiger partial charge in [0.25, 0.3) is 5.91 Å². The van der Waals surface area contributed by atoms with Crippen molar-refractivity contribution in [3.8, 4) is 17.1 Å². The van der Waals surface area contributed by atoms with Gasteiger partial charge in [-0.2, -0.15) is 0 Å². The van der Waals surface area contributed by atoms with Crippen LogP contribution < -0.4 is 10.5 Å². The van der Waals surface area contributed by atoms with Crippen LogP contribution in [0.3, 0.4) is 0 Å². The van der Waals surface area contributed by atoms with Gasteiger partial charge in [0.1, 0.15) is 5.75 Å². The first-order chi connectivity index (χ1) is 13.7. The lowest BCUT2D eigenvalue weighted by molar-refractivity contribution is -0.119. The molecule has 146 valence electrons. The van der Waals surface area contributed by atoms with Gasteiger partial charge in [0.15, 0.2) is 17.6 Å². The standard InChI is InChI=1S/C19H21N5O3S/c1-26-10-9-24-18(15-5-7-21-8-6-15)22-23-19(24)28-13-14-3-2-4-16(11-14)27-12-17(20)25/h2-8,11H,9-10,12-13H2,1H3,(H2,20,25). The number of methoxy groups -OCH3 is 1. The molecule has 0 aliphatic heterocycles.